The zero-order valence-corrected chi connectivity index (χ0v) is 9.87. The molecule has 0 aliphatic heterocycles. The summed E-state index contributed by atoms with van der Waals surface area (Å²) in [6.45, 7) is 0. The highest BCUT2D eigenvalue weighted by molar-refractivity contribution is 5.12. The zero-order valence-electron chi connectivity index (χ0n) is 9.87. The quantitative estimate of drug-likeness (QED) is 0.578. The molecule has 0 bridgehead atoms. The number of hydrogen-bond donors (Lipinski definition) is 2. The van der Waals surface area contributed by atoms with E-state index in [0.29, 0.717) is 0 Å². The van der Waals surface area contributed by atoms with Crippen LogP contribution in [0.5, 0.6) is 0 Å². The van der Waals surface area contributed by atoms with Gasteiger partial charge in [-0.1, -0.05) is 0 Å². The lowest BCUT2D eigenvalue weighted by Gasteiger charge is -2.14. The summed E-state index contributed by atoms with van der Waals surface area (Å²) in [5.41, 5.74) is 5.11. The van der Waals surface area contributed by atoms with Gasteiger partial charge in [0.15, 0.2) is 0 Å². The van der Waals surface area contributed by atoms with Crippen LogP contribution in [-0.4, -0.2) is 20.8 Å². The minimum absolute atomic E-state index is 0.187. The van der Waals surface area contributed by atoms with Crippen LogP contribution in [0.1, 0.15) is 11.3 Å². The largest absolute Gasteiger partial charge is 0.276 e. The first-order chi connectivity index (χ1) is 8.28. The van der Waals surface area contributed by atoms with Crippen LogP contribution in [-0.2, 0) is 19.9 Å². The minimum Gasteiger partial charge on any atom is -0.276 e. The van der Waals surface area contributed by atoms with Crippen molar-refractivity contribution in [2.24, 2.45) is 12.9 Å². The van der Waals surface area contributed by atoms with Crippen molar-refractivity contribution < 1.29 is 0 Å². The summed E-state index contributed by atoms with van der Waals surface area (Å²) in [4.78, 5) is 4.00. The van der Waals surface area contributed by atoms with Crippen LogP contribution >= 0.6 is 0 Å². The van der Waals surface area contributed by atoms with Gasteiger partial charge in [0.1, 0.15) is 0 Å². The molecule has 0 aliphatic carbocycles. The van der Waals surface area contributed by atoms with Crippen molar-refractivity contribution in [3.8, 4) is 0 Å². The number of nitrogens with two attached hydrogens (primary N) is 1. The van der Waals surface area contributed by atoms with Gasteiger partial charge in [-0.2, -0.15) is 5.10 Å². The van der Waals surface area contributed by atoms with Crippen molar-refractivity contribution in [2.45, 2.75) is 18.9 Å². The maximum absolute atomic E-state index is 5.58. The lowest BCUT2D eigenvalue weighted by molar-refractivity contribution is 0.514. The van der Waals surface area contributed by atoms with Gasteiger partial charge >= 0.3 is 0 Å². The Labute approximate surface area is 101 Å². The van der Waals surface area contributed by atoms with Crippen LogP contribution in [0.25, 0.3) is 0 Å². The first-order valence-electron chi connectivity index (χ1n) is 5.61. The van der Waals surface area contributed by atoms with Crippen LogP contribution in [0.2, 0.25) is 0 Å². The van der Waals surface area contributed by atoms with Crippen molar-refractivity contribution in [1.82, 2.24) is 20.2 Å². The zero-order chi connectivity index (χ0) is 12.1. The average Bonchev–Trinajstić information content (AvgIpc) is 2.75. The number of aromatic nitrogens is 3. The van der Waals surface area contributed by atoms with E-state index in [1.54, 1.807) is 17.1 Å². The van der Waals surface area contributed by atoms with E-state index in [0.717, 1.165) is 18.5 Å². The maximum Gasteiger partial charge on any atom is 0.0640 e. The predicted octanol–water partition coefficient (Wildman–Crippen LogP) is 0.432. The van der Waals surface area contributed by atoms with Crippen LogP contribution in [0.3, 0.4) is 0 Å². The molecule has 1 atom stereocenters. The van der Waals surface area contributed by atoms with Gasteiger partial charge < -0.3 is 0 Å². The minimum atomic E-state index is 0.187. The van der Waals surface area contributed by atoms with Crippen LogP contribution in [0.15, 0.2) is 36.8 Å². The average molecular weight is 231 g/mol. The molecule has 0 spiro atoms. The Balaban J connectivity index is 1.98. The first kappa shape index (κ1) is 11.8. The van der Waals surface area contributed by atoms with Gasteiger partial charge in [-0.05, 0) is 30.2 Å². The molecule has 1 unspecified atom stereocenters. The Morgan fingerprint density at radius 3 is 2.65 bits per heavy atom. The third kappa shape index (κ3) is 3.37. The maximum atomic E-state index is 5.58. The van der Waals surface area contributed by atoms with Gasteiger partial charge in [0.25, 0.3) is 0 Å². The lowest BCUT2D eigenvalue weighted by Crippen LogP contribution is -2.38. The van der Waals surface area contributed by atoms with E-state index in [-0.39, 0.29) is 6.04 Å². The molecule has 2 heterocycles. The summed E-state index contributed by atoms with van der Waals surface area (Å²) in [5.74, 6) is 5.58. The molecule has 0 radical (unpaired) electrons. The first-order valence-corrected chi connectivity index (χ1v) is 5.61. The second-order valence-corrected chi connectivity index (χ2v) is 4.11. The van der Waals surface area contributed by atoms with Crippen molar-refractivity contribution in [1.29, 1.82) is 0 Å². The fourth-order valence-electron chi connectivity index (χ4n) is 1.82. The molecule has 3 N–H and O–H groups in total. The van der Waals surface area contributed by atoms with Gasteiger partial charge in [-0.15, -0.1) is 0 Å². The topological polar surface area (TPSA) is 68.8 Å². The molecule has 2 rings (SSSR count). The summed E-state index contributed by atoms with van der Waals surface area (Å²) < 4.78 is 1.80. The van der Waals surface area contributed by atoms with E-state index in [2.05, 4.69) is 15.5 Å². The molecule has 0 aliphatic rings. The number of nitrogens with zero attached hydrogens (tertiary/aromatic N) is 3. The Bertz CT molecular complexity index is 451. The van der Waals surface area contributed by atoms with Crippen molar-refractivity contribution >= 4 is 0 Å². The van der Waals surface area contributed by atoms with Gasteiger partial charge in [-0.25, -0.2) is 0 Å². The van der Waals surface area contributed by atoms with E-state index in [1.807, 2.05) is 31.4 Å². The van der Waals surface area contributed by atoms with Crippen LogP contribution in [0, 0.1) is 0 Å². The summed E-state index contributed by atoms with van der Waals surface area (Å²) >= 11 is 0. The van der Waals surface area contributed by atoms with Crippen molar-refractivity contribution in [3.63, 3.8) is 0 Å². The second kappa shape index (κ2) is 5.56. The Kier molecular flexibility index (Phi) is 3.85. The SMILES string of the molecule is Cn1ccc(CC(Cc2ccncc2)NN)n1. The summed E-state index contributed by atoms with van der Waals surface area (Å²) in [6.07, 6.45) is 7.22. The summed E-state index contributed by atoms with van der Waals surface area (Å²) in [6, 6.07) is 6.20. The van der Waals surface area contributed by atoms with Gasteiger partial charge in [0, 0.05) is 38.1 Å². The molecule has 0 amide bonds. The number of rotatable bonds is 5. The molecule has 0 saturated carbocycles. The molecular formula is C12H17N5. The number of nitrogens with one attached hydrogen (secondary N) is 1. The molecule has 2 aromatic rings. The van der Waals surface area contributed by atoms with Gasteiger partial charge in [-0.3, -0.25) is 20.9 Å². The molecule has 17 heavy (non-hydrogen) atoms. The lowest BCUT2D eigenvalue weighted by atomic mass is 10.0. The van der Waals surface area contributed by atoms with Crippen molar-refractivity contribution in [2.75, 3.05) is 0 Å². The monoisotopic (exact) mass is 231 g/mol. The van der Waals surface area contributed by atoms with Crippen LogP contribution in [0.4, 0.5) is 0 Å². The predicted molar refractivity (Wildman–Crippen MR) is 66.0 cm³/mol. The van der Waals surface area contributed by atoms with Gasteiger partial charge in [0.05, 0.1) is 5.69 Å². The molecular weight excluding hydrogens is 214 g/mol. The highest BCUT2D eigenvalue weighted by atomic mass is 15.3. The standard InChI is InChI=1S/C12H17N5/c1-17-7-4-11(16-17)9-12(15-13)8-10-2-5-14-6-3-10/h2-7,12,15H,8-9,13H2,1H3. The van der Waals surface area contributed by atoms with Crippen LogP contribution < -0.4 is 11.3 Å². The number of pyridine rings is 1. The highest BCUT2D eigenvalue weighted by Gasteiger charge is 2.10. The number of hydrazine groups is 1. The smallest absolute Gasteiger partial charge is 0.0640 e. The number of hydrogen-bond acceptors (Lipinski definition) is 4. The fourth-order valence-corrected chi connectivity index (χ4v) is 1.82. The van der Waals surface area contributed by atoms with E-state index >= 15 is 0 Å². The molecule has 0 fully saturated rings. The Morgan fingerprint density at radius 2 is 2.06 bits per heavy atom. The second-order valence-electron chi connectivity index (χ2n) is 4.11. The molecule has 2 aromatic heterocycles. The number of aryl methyl sites for hydroxylation is 1. The summed E-state index contributed by atoms with van der Waals surface area (Å²) in [5, 5.41) is 4.35. The Morgan fingerprint density at radius 1 is 1.29 bits per heavy atom. The van der Waals surface area contributed by atoms with E-state index in [9.17, 15) is 0 Å². The van der Waals surface area contributed by atoms with E-state index in [4.69, 9.17) is 5.84 Å². The van der Waals surface area contributed by atoms with E-state index in [1.165, 1.54) is 5.56 Å². The highest BCUT2D eigenvalue weighted by Crippen LogP contribution is 2.06. The third-order valence-electron chi connectivity index (χ3n) is 2.69. The molecule has 5 nitrogen and oxygen atoms in total. The molecule has 90 valence electrons. The third-order valence-corrected chi connectivity index (χ3v) is 2.69. The normalized spacial score (nSPS) is 12.6. The van der Waals surface area contributed by atoms with E-state index < -0.39 is 0 Å². The molecule has 0 aromatic carbocycles. The summed E-state index contributed by atoms with van der Waals surface area (Å²) in [7, 11) is 1.91. The fraction of sp³-hybridized carbons (Fsp3) is 0.333. The van der Waals surface area contributed by atoms with Crippen molar-refractivity contribution in [3.05, 3.63) is 48.0 Å². The molecule has 0 saturated heterocycles. The Hall–Kier alpha value is -1.72. The van der Waals surface area contributed by atoms with Gasteiger partial charge in [0.2, 0.25) is 0 Å². The molecule has 5 heteroatoms.